The molecule has 0 aromatic heterocycles. The topological polar surface area (TPSA) is 228 Å². The zero-order chi connectivity index (χ0) is 55.3. The Morgan fingerprint density at radius 1 is 0.487 bits per heavy atom. The van der Waals surface area contributed by atoms with E-state index in [0.717, 1.165) is 77.0 Å². The highest BCUT2D eigenvalue weighted by molar-refractivity contribution is 5.76. The van der Waals surface area contributed by atoms with E-state index in [4.69, 9.17) is 18.9 Å². The van der Waals surface area contributed by atoms with Gasteiger partial charge in [0.05, 0.1) is 32.0 Å². The van der Waals surface area contributed by atoms with E-state index in [1.54, 1.807) is 0 Å². The number of rotatable bonds is 49. The zero-order valence-electron chi connectivity index (χ0n) is 47.7. The second-order valence-electron chi connectivity index (χ2n) is 21.8. The first-order valence-corrected chi connectivity index (χ1v) is 30.9. The van der Waals surface area contributed by atoms with E-state index in [1.807, 2.05) is 0 Å². The molecule has 14 heteroatoms. The molecule has 76 heavy (non-hydrogen) atoms. The summed E-state index contributed by atoms with van der Waals surface area (Å²) in [7, 11) is 0. The fourth-order valence-corrected chi connectivity index (χ4v) is 10.1. The van der Waals surface area contributed by atoms with Gasteiger partial charge in [-0.3, -0.25) is 4.79 Å². The summed E-state index contributed by atoms with van der Waals surface area (Å²) >= 11 is 0. The normalized spacial score (nSPS) is 25.2. The molecule has 2 rings (SSSR count). The molecule has 9 N–H and O–H groups in total. The molecule has 0 bridgehead atoms. The molecular weight excluding hydrogens is 967 g/mol. The average Bonchev–Trinajstić information content (AvgIpc) is 3.42. The van der Waals surface area contributed by atoms with Gasteiger partial charge >= 0.3 is 0 Å². The van der Waals surface area contributed by atoms with Gasteiger partial charge in [-0.1, -0.05) is 236 Å². The highest BCUT2D eigenvalue weighted by atomic mass is 16.7. The first kappa shape index (κ1) is 70.1. The lowest BCUT2D eigenvalue weighted by Gasteiger charge is -2.46. The van der Waals surface area contributed by atoms with Crippen LogP contribution in [0.4, 0.5) is 0 Å². The number of carbonyl (C=O) groups is 1. The number of hydrogen-bond acceptors (Lipinski definition) is 13. The van der Waals surface area contributed by atoms with Crippen LogP contribution in [0.2, 0.25) is 0 Å². The van der Waals surface area contributed by atoms with Crippen LogP contribution in [-0.4, -0.2) is 140 Å². The summed E-state index contributed by atoms with van der Waals surface area (Å²) in [5.74, 6) is -0.206. The number of allylic oxidation sites excluding steroid dienone is 8. The van der Waals surface area contributed by atoms with Crippen LogP contribution in [0.3, 0.4) is 0 Å². The van der Waals surface area contributed by atoms with Crippen molar-refractivity contribution in [3.63, 3.8) is 0 Å². The summed E-state index contributed by atoms with van der Waals surface area (Å²) < 4.78 is 22.8. The molecule has 0 aromatic carbocycles. The molecule has 2 heterocycles. The number of carbonyl (C=O) groups excluding carboxylic acids is 1. The van der Waals surface area contributed by atoms with Gasteiger partial charge in [-0.05, 0) is 51.4 Å². The van der Waals surface area contributed by atoms with E-state index in [0.29, 0.717) is 12.8 Å². The quantitative estimate of drug-likeness (QED) is 0.0204. The minimum Gasteiger partial charge on any atom is -0.394 e. The van der Waals surface area contributed by atoms with Crippen LogP contribution >= 0.6 is 0 Å². The van der Waals surface area contributed by atoms with E-state index in [1.165, 1.54) is 141 Å². The summed E-state index contributed by atoms with van der Waals surface area (Å²) in [5, 5.41) is 87.2. The molecule has 2 aliphatic rings. The molecule has 2 fully saturated rings. The van der Waals surface area contributed by atoms with Gasteiger partial charge in [-0.25, -0.2) is 0 Å². The lowest BCUT2D eigenvalue weighted by atomic mass is 9.97. The van der Waals surface area contributed by atoms with Crippen LogP contribution in [-0.2, 0) is 23.7 Å². The summed E-state index contributed by atoms with van der Waals surface area (Å²) in [5.41, 5.74) is 0. The molecule has 12 atom stereocenters. The summed E-state index contributed by atoms with van der Waals surface area (Å²) in [6, 6.07) is -0.828. The van der Waals surface area contributed by atoms with Gasteiger partial charge in [0.25, 0.3) is 0 Å². The monoisotopic (exact) mass is 1080 g/mol. The van der Waals surface area contributed by atoms with Gasteiger partial charge < -0.3 is 65.1 Å². The standard InChI is InChI=1S/C62H113NO13/c1-3-5-7-9-11-13-15-17-18-19-20-21-22-23-24-25-26-27-28-29-30-31-32-34-36-38-40-42-44-46-54(67)63-50(51(66)45-43-41-39-37-35-33-16-14-12-10-8-6-4-2)49-73-61-59(72)57(70)60(53(48-65)75-61)76-62-58(71)56(69)55(68)52(47-64)74-62/h5,7,11,13,17-18,20-21,50-53,55-62,64-66,68-72H,3-4,6,8-10,12,14-16,19,22-49H2,1-2H3,(H,63,67)/b7-5-,13-11-,18-17-,21-20-. The minimum atomic E-state index is -1.78. The van der Waals surface area contributed by atoms with Gasteiger partial charge in [-0.2, -0.15) is 0 Å². The third kappa shape index (κ3) is 32.9. The molecule has 0 saturated carbocycles. The maximum absolute atomic E-state index is 13.3. The zero-order valence-corrected chi connectivity index (χ0v) is 47.7. The molecule has 14 nitrogen and oxygen atoms in total. The largest absolute Gasteiger partial charge is 0.394 e. The van der Waals surface area contributed by atoms with E-state index >= 15 is 0 Å². The molecule has 0 aromatic rings. The Morgan fingerprint density at radius 2 is 0.908 bits per heavy atom. The van der Waals surface area contributed by atoms with Crippen LogP contribution in [0.1, 0.15) is 245 Å². The van der Waals surface area contributed by atoms with E-state index in [9.17, 15) is 45.6 Å². The highest BCUT2D eigenvalue weighted by Gasteiger charge is 2.51. The summed E-state index contributed by atoms with van der Waals surface area (Å²) in [6.07, 6.45) is 42.6. The first-order chi connectivity index (χ1) is 37.1. The van der Waals surface area contributed by atoms with E-state index < -0.39 is 86.8 Å². The van der Waals surface area contributed by atoms with Crippen LogP contribution in [0.5, 0.6) is 0 Å². The number of nitrogens with one attached hydrogen (secondary N) is 1. The highest BCUT2D eigenvalue weighted by Crippen LogP contribution is 2.30. The maximum atomic E-state index is 13.3. The molecule has 0 spiro atoms. The molecule has 2 saturated heterocycles. The van der Waals surface area contributed by atoms with Gasteiger partial charge in [0.2, 0.25) is 5.91 Å². The van der Waals surface area contributed by atoms with Gasteiger partial charge in [0.1, 0.15) is 48.8 Å². The van der Waals surface area contributed by atoms with Crippen LogP contribution in [0.15, 0.2) is 48.6 Å². The first-order valence-electron chi connectivity index (χ1n) is 30.9. The minimum absolute atomic E-state index is 0.206. The van der Waals surface area contributed by atoms with Crippen molar-refractivity contribution in [3.05, 3.63) is 48.6 Å². The van der Waals surface area contributed by atoms with Crippen molar-refractivity contribution in [2.45, 2.75) is 319 Å². The summed E-state index contributed by atoms with van der Waals surface area (Å²) in [4.78, 5) is 13.3. The van der Waals surface area contributed by atoms with Gasteiger partial charge in [0.15, 0.2) is 12.6 Å². The van der Waals surface area contributed by atoms with Gasteiger partial charge in [-0.15, -0.1) is 0 Å². The third-order valence-corrected chi connectivity index (χ3v) is 15.1. The molecule has 0 radical (unpaired) electrons. The third-order valence-electron chi connectivity index (χ3n) is 15.1. The average molecular weight is 1080 g/mol. The van der Waals surface area contributed by atoms with Crippen molar-refractivity contribution in [2.24, 2.45) is 0 Å². The van der Waals surface area contributed by atoms with E-state index in [-0.39, 0.29) is 12.5 Å². The number of amides is 1. The number of hydrogen-bond donors (Lipinski definition) is 9. The molecule has 1 amide bonds. The van der Waals surface area contributed by atoms with Gasteiger partial charge in [0, 0.05) is 6.42 Å². The lowest BCUT2D eigenvalue weighted by Crippen LogP contribution is -2.65. The SMILES string of the molecule is CC/C=C\C/C=C\C/C=C\C/C=C\CCCCCCCCCCCCCCCCCCC(=O)NC(COC1OC(CO)C(OC2OC(CO)C(O)C(O)C2O)C(O)C1O)C(O)CCCCCCCCCCCCCCC. The molecule has 0 aliphatic carbocycles. The second-order valence-corrected chi connectivity index (χ2v) is 21.8. The Bertz CT molecular complexity index is 1460. The Kier molecular flexibility index (Phi) is 44.0. The second kappa shape index (κ2) is 47.7. The fourth-order valence-electron chi connectivity index (χ4n) is 10.1. The Balaban J connectivity index is 1.66. The van der Waals surface area contributed by atoms with Crippen molar-refractivity contribution < 1.29 is 64.6 Å². The summed E-state index contributed by atoms with van der Waals surface area (Å²) in [6.45, 7) is 2.75. The number of unbranched alkanes of at least 4 members (excludes halogenated alkanes) is 28. The predicted molar refractivity (Wildman–Crippen MR) is 304 cm³/mol. The molecular formula is C62H113NO13. The van der Waals surface area contributed by atoms with Crippen LogP contribution in [0.25, 0.3) is 0 Å². The predicted octanol–water partition coefficient (Wildman–Crippen LogP) is 10.8. The molecule has 444 valence electrons. The van der Waals surface area contributed by atoms with E-state index in [2.05, 4.69) is 67.8 Å². The number of aliphatic hydroxyl groups is 8. The number of ether oxygens (including phenoxy) is 4. The Labute approximate surface area is 461 Å². The lowest BCUT2D eigenvalue weighted by molar-refractivity contribution is -0.359. The van der Waals surface area contributed by atoms with Crippen LogP contribution < -0.4 is 5.32 Å². The van der Waals surface area contributed by atoms with Crippen molar-refractivity contribution in [1.29, 1.82) is 0 Å². The van der Waals surface area contributed by atoms with Crippen molar-refractivity contribution >= 4 is 5.91 Å². The Morgan fingerprint density at radius 3 is 1.39 bits per heavy atom. The van der Waals surface area contributed by atoms with Crippen molar-refractivity contribution in [2.75, 3.05) is 19.8 Å². The number of aliphatic hydroxyl groups excluding tert-OH is 8. The smallest absolute Gasteiger partial charge is 0.220 e. The van der Waals surface area contributed by atoms with Crippen LogP contribution in [0, 0.1) is 0 Å². The Hall–Kier alpha value is -2.05. The fraction of sp³-hybridized carbons (Fsp3) is 0.855. The molecule has 12 unspecified atom stereocenters. The maximum Gasteiger partial charge on any atom is 0.220 e. The molecule has 2 aliphatic heterocycles. The van der Waals surface area contributed by atoms with Crippen molar-refractivity contribution in [3.8, 4) is 0 Å². The van der Waals surface area contributed by atoms with Crippen molar-refractivity contribution in [1.82, 2.24) is 5.32 Å².